The van der Waals surface area contributed by atoms with E-state index >= 15 is 0 Å². The van der Waals surface area contributed by atoms with Crippen LogP contribution in [0.15, 0.2) is 15.9 Å². The molecule has 0 radical (unpaired) electrons. The molecule has 0 bridgehead atoms. The molecule has 1 aromatic rings. The van der Waals surface area contributed by atoms with Gasteiger partial charge in [-0.1, -0.05) is 0 Å². The van der Waals surface area contributed by atoms with E-state index in [4.69, 9.17) is 11.6 Å². The fraction of sp³-hybridized carbons (Fsp3) is 0.333. The van der Waals surface area contributed by atoms with Crippen molar-refractivity contribution in [2.45, 2.75) is 6.10 Å². The van der Waals surface area contributed by atoms with Crippen molar-refractivity contribution in [3.05, 3.63) is 20.8 Å². The highest BCUT2D eigenvalue weighted by atomic mass is 79.9. The molecule has 56 valence electrons. The van der Waals surface area contributed by atoms with Crippen LogP contribution in [0.5, 0.6) is 0 Å². The van der Waals surface area contributed by atoms with Gasteiger partial charge >= 0.3 is 0 Å². The van der Waals surface area contributed by atoms with Crippen LogP contribution in [0.4, 0.5) is 0 Å². The molecule has 0 aromatic carbocycles. The number of hydrogen-bond acceptors (Lipinski definition) is 2. The fourth-order valence-corrected chi connectivity index (χ4v) is 2.25. The maximum Gasteiger partial charge on any atom is 0.102 e. The Morgan fingerprint density at radius 3 is 2.80 bits per heavy atom. The van der Waals surface area contributed by atoms with Crippen LogP contribution in [0.25, 0.3) is 0 Å². The van der Waals surface area contributed by atoms with Crippen molar-refractivity contribution in [1.82, 2.24) is 0 Å². The standard InChI is InChI=1S/C6H6BrClOS/c7-6-2-1-5(10-6)4(9)3-8/h1-2,4,9H,3H2. The molecule has 0 saturated carbocycles. The van der Waals surface area contributed by atoms with Crippen molar-refractivity contribution in [1.29, 1.82) is 0 Å². The van der Waals surface area contributed by atoms with Crippen molar-refractivity contribution < 1.29 is 5.11 Å². The Hall–Kier alpha value is 0.430. The molecule has 0 spiro atoms. The van der Waals surface area contributed by atoms with Gasteiger partial charge in [0.2, 0.25) is 0 Å². The van der Waals surface area contributed by atoms with Crippen molar-refractivity contribution in [3.8, 4) is 0 Å². The minimum Gasteiger partial charge on any atom is -0.386 e. The van der Waals surface area contributed by atoms with E-state index < -0.39 is 6.10 Å². The van der Waals surface area contributed by atoms with Crippen molar-refractivity contribution in [3.63, 3.8) is 0 Å². The number of hydrogen-bond donors (Lipinski definition) is 1. The number of rotatable bonds is 2. The molecule has 1 atom stereocenters. The van der Waals surface area contributed by atoms with Gasteiger partial charge in [-0.25, -0.2) is 0 Å². The van der Waals surface area contributed by atoms with Gasteiger partial charge in [0.05, 0.1) is 9.67 Å². The van der Waals surface area contributed by atoms with Gasteiger partial charge in [0.1, 0.15) is 6.10 Å². The molecular weight excluding hydrogens is 235 g/mol. The smallest absolute Gasteiger partial charge is 0.102 e. The zero-order chi connectivity index (χ0) is 7.56. The lowest BCUT2D eigenvalue weighted by Crippen LogP contribution is -1.93. The number of halogens is 2. The van der Waals surface area contributed by atoms with E-state index in [1.807, 2.05) is 12.1 Å². The average molecular weight is 242 g/mol. The third kappa shape index (κ3) is 1.95. The molecule has 1 aromatic heterocycles. The van der Waals surface area contributed by atoms with Crippen LogP contribution in [0, 0.1) is 0 Å². The van der Waals surface area contributed by atoms with E-state index in [1.165, 1.54) is 11.3 Å². The van der Waals surface area contributed by atoms with E-state index in [1.54, 1.807) is 0 Å². The zero-order valence-corrected chi connectivity index (χ0v) is 8.21. The molecule has 0 aliphatic heterocycles. The molecule has 1 rings (SSSR count). The Morgan fingerprint density at radius 2 is 2.40 bits per heavy atom. The van der Waals surface area contributed by atoms with Gasteiger partial charge < -0.3 is 5.11 Å². The molecule has 0 amide bonds. The first kappa shape index (κ1) is 8.53. The van der Waals surface area contributed by atoms with E-state index in [-0.39, 0.29) is 5.88 Å². The van der Waals surface area contributed by atoms with Crippen LogP contribution >= 0.6 is 38.9 Å². The summed E-state index contributed by atoms with van der Waals surface area (Å²) in [6.45, 7) is 0. The largest absolute Gasteiger partial charge is 0.386 e. The van der Waals surface area contributed by atoms with Crippen molar-refractivity contribution in [2.24, 2.45) is 0 Å². The minimum absolute atomic E-state index is 0.257. The monoisotopic (exact) mass is 240 g/mol. The number of alkyl halides is 1. The lowest BCUT2D eigenvalue weighted by molar-refractivity contribution is 0.206. The highest BCUT2D eigenvalue weighted by Gasteiger charge is 2.07. The zero-order valence-electron chi connectivity index (χ0n) is 5.05. The summed E-state index contributed by atoms with van der Waals surface area (Å²) >= 11 is 10.2. The first-order valence-corrected chi connectivity index (χ1v) is 4.87. The van der Waals surface area contributed by atoms with Crippen molar-refractivity contribution >= 4 is 38.9 Å². The maximum atomic E-state index is 9.20. The maximum absolute atomic E-state index is 9.20. The molecule has 1 heterocycles. The third-order valence-corrected chi connectivity index (χ3v) is 3.09. The van der Waals surface area contributed by atoms with Gasteiger partial charge in [0, 0.05) is 4.88 Å². The predicted octanol–water partition coefficient (Wildman–Crippen LogP) is 2.78. The van der Waals surface area contributed by atoms with Gasteiger partial charge in [0.15, 0.2) is 0 Å². The molecule has 4 heteroatoms. The first-order valence-electron chi connectivity index (χ1n) is 2.73. The van der Waals surface area contributed by atoms with E-state index in [0.29, 0.717) is 0 Å². The summed E-state index contributed by atoms with van der Waals surface area (Å²) in [6.07, 6.45) is -0.516. The third-order valence-electron chi connectivity index (χ3n) is 1.07. The Balaban J connectivity index is 2.74. The minimum atomic E-state index is -0.516. The number of aliphatic hydroxyl groups is 1. The second kappa shape index (κ2) is 3.72. The van der Waals surface area contributed by atoms with Crippen molar-refractivity contribution in [2.75, 3.05) is 5.88 Å². The molecule has 0 aliphatic carbocycles. The molecule has 1 N–H and O–H groups in total. The summed E-state index contributed by atoms with van der Waals surface area (Å²) in [5.74, 6) is 0.257. The fourth-order valence-electron chi connectivity index (χ4n) is 0.583. The van der Waals surface area contributed by atoms with Crippen LogP contribution < -0.4 is 0 Å². The second-order valence-electron chi connectivity index (χ2n) is 1.81. The molecule has 0 fully saturated rings. The second-order valence-corrected chi connectivity index (χ2v) is 4.62. The quantitative estimate of drug-likeness (QED) is 0.790. The summed E-state index contributed by atoms with van der Waals surface area (Å²) in [5.41, 5.74) is 0. The van der Waals surface area contributed by atoms with Crippen LogP contribution in [0.2, 0.25) is 0 Å². The van der Waals surface area contributed by atoms with Crippen LogP contribution in [-0.2, 0) is 0 Å². The van der Waals surface area contributed by atoms with Gasteiger partial charge in [-0.3, -0.25) is 0 Å². The topological polar surface area (TPSA) is 20.2 Å². The Morgan fingerprint density at radius 1 is 1.70 bits per heavy atom. The Bertz CT molecular complexity index is 213. The Kier molecular flexibility index (Phi) is 3.17. The van der Waals surface area contributed by atoms with Gasteiger partial charge in [-0.15, -0.1) is 22.9 Å². The Labute approximate surface area is 76.8 Å². The van der Waals surface area contributed by atoms with Crippen LogP contribution in [0.3, 0.4) is 0 Å². The summed E-state index contributed by atoms with van der Waals surface area (Å²) in [6, 6.07) is 3.76. The lowest BCUT2D eigenvalue weighted by atomic mass is 10.3. The SMILES string of the molecule is OC(CCl)c1ccc(Br)s1. The lowest BCUT2D eigenvalue weighted by Gasteiger charge is -2.00. The van der Waals surface area contributed by atoms with Gasteiger partial charge in [0.25, 0.3) is 0 Å². The van der Waals surface area contributed by atoms with E-state index in [0.717, 1.165) is 8.66 Å². The molecule has 1 nitrogen and oxygen atoms in total. The summed E-state index contributed by atoms with van der Waals surface area (Å²) in [7, 11) is 0. The molecular formula is C6H6BrClOS. The molecule has 0 saturated heterocycles. The van der Waals surface area contributed by atoms with E-state index in [9.17, 15) is 5.11 Å². The van der Waals surface area contributed by atoms with Gasteiger partial charge in [-0.2, -0.15) is 0 Å². The average Bonchev–Trinajstić information content (AvgIpc) is 2.34. The number of thiophene rings is 1. The van der Waals surface area contributed by atoms with Gasteiger partial charge in [-0.05, 0) is 28.1 Å². The molecule has 1 unspecified atom stereocenters. The number of aliphatic hydroxyl groups excluding tert-OH is 1. The highest BCUT2D eigenvalue weighted by molar-refractivity contribution is 9.11. The van der Waals surface area contributed by atoms with E-state index in [2.05, 4.69) is 15.9 Å². The van der Waals surface area contributed by atoms with Crippen LogP contribution in [0.1, 0.15) is 11.0 Å². The van der Waals surface area contributed by atoms with Crippen LogP contribution in [-0.4, -0.2) is 11.0 Å². The summed E-state index contributed by atoms with van der Waals surface area (Å²) in [5, 5.41) is 9.20. The normalized spacial score (nSPS) is 13.5. The summed E-state index contributed by atoms with van der Waals surface area (Å²) < 4.78 is 1.02. The molecule has 0 aliphatic rings. The first-order chi connectivity index (χ1) is 4.74. The summed E-state index contributed by atoms with van der Waals surface area (Å²) in [4.78, 5) is 0.905. The molecule has 10 heavy (non-hydrogen) atoms. The predicted molar refractivity (Wildman–Crippen MR) is 47.7 cm³/mol. The highest BCUT2D eigenvalue weighted by Crippen LogP contribution is 2.27.